The Morgan fingerprint density at radius 3 is 2.48 bits per heavy atom. The number of piperazine rings is 1. The molecule has 1 aliphatic heterocycles. The van der Waals surface area contributed by atoms with Crippen LogP contribution < -0.4 is 10.2 Å². The molecule has 0 atom stereocenters. The molecule has 1 aliphatic carbocycles. The number of hydrogen-bond donors (Lipinski definition) is 1. The second-order valence-corrected chi connectivity index (χ2v) is 6.58. The molecule has 5 heteroatoms. The number of hydrogen-bond acceptors (Lipinski definition) is 3. The Morgan fingerprint density at radius 1 is 1.13 bits per heavy atom. The van der Waals surface area contributed by atoms with Gasteiger partial charge >= 0.3 is 0 Å². The Labute approximate surface area is 137 Å². The van der Waals surface area contributed by atoms with Crippen molar-refractivity contribution in [1.82, 2.24) is 10.2 Å². The highest BCUT2D eigenvalue weighted by molar-refractivity contribution is 5.87. The molecule has 0 unspecified atom stereocenters. The topological polar surface area (TPSA) is 52.6 Å². The summed E-state index contributed by atoms with van der Waals surface area (Å²) < 4.78 is 0. The van der Waals surface area contributed by atoms with Gasteiger partial charge in [0.05, 0.1) is 6.54 Å². The van der Waals surface area contributed by atoms with E-state index >= 15 is 0 Å². The average molecular weight is 315 g/mol. The fraction of sp³-hybridized carbons (Fsp3) is 0.556. The summed E-state index contributed by atoms with van der Waals surface area (Å²) in [6, 6.07) is 6.36. The lowest BCUT2D eigenvalue weighted by molar-refractivity contribution is -0.133. The van der Waals surface area contributed by atoms with Crippen molar-refractivity contribution in [2.24, 2.45) is 5.92 Å². The smallest absolute Gasteiger partial charge is 0.242 e. The van der Waals surface area contributed by atoms with Crippen molar-refractivity contribution < 1.29 is 9.59 Å². The summed E-state index contributed by atoms with van der Waals surface area (Å²) in [4.78, 5) is 28.0. The monoisotopic (exact) mass is 315 g/mol. The van der Waals surface area contributed by atoms with Gasteiger partial charge in [0, 0.05) is 37.8 Å². The van der Waals surface area contributed by atoms with Crippen LogP contribution in [0.5, 0.6) is 0 Å². The van der Waals surface area contributed by atoms with E-state index in [4.69, 9.17) is 0 Å². The van der Waals surface area contributed by atoms with Gasteiger partial charge in [-0.15, -0.1) is 0 Å². The molecule has 3 rings (SSSR count). The lowest BCUT2D eigenvalue weighted by Crippen LogP contribution is -2.51. The van der Waals surface area contributed by atoms with Crippen LogP contribution in [0, 0.1) is 19.8 Å². The number of carbonyl (C=O) groups is 2. The number of nitrogens with one attached hydrogen (secondary N) is 1. The number of carbonyl (C=O) groups excluding carboxylic acids is 2. The Bertz CT molecular complexity index is 602. The summed E-state index contributed by atoms with van der Waals surface area (Å²) in [6.07, 6.45) is 1.93. The predicted molar refractivity (Wildman–Crippen MR) is 90.4 cm³/mol. The van der Waals surface area contributed by atoms with E-state index in [2.05, 4.69) is 42.3 Å². The molecule has 5 nitrogen and oxygen atoms in total. The number of rotatable bonds is 4. The molecule has 0 radical (unpaired) electrons. The highest BCUT2D eigenvalue weighted by Crippen LogP contribution is 2.28. The van der Waals surface area contributed by atoms with Crippen LogP contribution in [-0.4, -0.2) is 49.4 Å². The third kappa shape index (κ3) is 3.66. The van der Waals surface area contributed by atoms with Gasteiger partial charge in [0.15, 0.2) is 0 Å². The second kappa shape index (κ2) is 6.60. The number of amides is 2. The molecule has 1 aromatic carbocycles. The summed E-state index contributed by atoms with van der Waals surface area (Å²) in [5.41, 5.74) is 3.87. The van der Waals surface area contributed by atoms with E-state index in [-0.39, 0.29) is 24.3 Å². The van der Waals surface area contributed by atoms with Crippen molar-refractivity contribution in [2.45, 2.75) is 26.7 Å². The summed E-state index contributed by atoms with van der Waals surface area (Å²) in [5.74, 6) is 0.218. The molecule has 2 fully saturated rings. The quantitative estimate of drug-likeness (QED) is 0.915. The van der Waals surface area contributed by atoms with Crippen LogP contribution in [0.2, 0.25) is 0 Å². The maximum Gasteiger partial charge on any atom is 0.242 e. The van der Waals surface area contributed by atoms with E-state index in [0.29, 0.717) is 13.1 Å². The third-order valence-corrected chi connectivity index (χ3v) is 4.91. The molecule has 2 amide bonds. The minimum atomic E-state index is 0.0274. The molecule has 1 saturated carbocycles. The van der Waals surface area contributed by atoms with Crippen molar-refractivity contribution in [2.75, 3.05) is 37.6 Å². The SMILES string of the molecule is Cc1cccc(N2CCN(C(=O)CNC(=O)C3CC3)CC2)c1C. The van der Waals surface area contributed by atoms with Crippen molar-refractivity contribution in [3.05, 3.63) is 29.3 Å². The normalized spacial score (nSPS) is 18.0. The maximum absolute atomic E-state index is 12.2. The summed E-state index contributed by atoms with van der Waals surface area (Å²) in [6.45, 7) is 7.52. The standard InChI is InChI=1S/C18H25N3O2/c1-13-4-3-5-16(14(13)2)20-8-10-21(11-9-20)17(22)12-19-18(23)15-6-7-15/h3-5,15H,6-12H2,1-2H3,(H,19,23). The zero-order chi connectivity index (χ0) is 16.4. The lowest BCUT2D eigenvalue weighted by Gasteiger charge is -2.37. The van der Waals surface area contributed by atoms with Crippen LogP contribution in [0.1, 0.15) is 24.0 Å². The number of benzene rings is 1. The molecule has 2 aliphatic rings. The van der Waals surface area contributed by atoms with Crippen LogP contribution >= 0.6 is 0 Å². The molecule has 0 bridgehead atoms. The first-order valence-corrected chi connectivity index (χ1v) is 8.43. The first kappa shape index (κ1) is 15.8. The first-order valence-electron chi connectivity index (χ1n) is 8.43. The molecule has 124 valence electrons. The Hall–Kier alpha value is -2.04. The van der Waals surface area contributed by atoms with Gasteiger partial charge in [-0.25, -0.2) is 0 Å². The molecule has 0 aromatic heterocycles. The molecular weight excluding hydrogens is 290 g/mol. The van der Waals surface area contributed by atoms with Gasteiger partial charge in [-0.3, -0.25) is 9.59 Å². The molecule has 23 heavy (non-hydrogen) atoms. The van der Waals surface area contributed by atoms with Gasteiger partial charge in [0.2, 0.25) is 11.8 Å². The van der Waals surface area contributed by atoms with Crippen LogP contribution in [0.25, 0.3) is 0 Å². The maximum atomic E-state index is 12.2. The highest BCUT2D eigenvalue weighted by atomic mass is 16.2. The average Bonchev–Trinajstić information content (AvgIpc) is 3.40. The van der Waals surface area contributed by atoms with Gasteiger partial charge < -0.3 is 15.1 Å². The summed E-state index contributed by atoms with van der Waals surface area (Å²) >= 11 is 0. The zero-order valence-electron chi connectivity index (χ0n) is 14.0. The molecule has 1 N–H and O–H groups in total. The Balaban J connectivity index is 1.50. The van der Waals surface area contributed by atoms with E-state index in [1.54, 1.807) is 0 Å². The second-order valence-electron chi connectivity index (χ2n) is 6.58. The first-order chi connectivity index (χ1) is 11.1. The van der Waals surface area contributed by atoms with Crippen molar-refractivity contribution in [3.8, 4) is 0 Å². The van der Waals surface area contributed by atoms with Gasteiger partial charge in [0.1, 0.15) is 0 Å². The van der Waals surface area contributed by atoms with Gasteiger partial charge in [-0.1, -0.05) is 12.1 Å². The van der Waals surface area contributed by atoms with E-state index in [1.807, 2.05) is 4.90 Å². The molecule has 1 saturated heterocycles. The Kier molecular flexibility index (Phi) is 4.55. The number of nitrogens with zero attached hydrogens (tertiary/aromatic N) is 2. The largest absolute Gasteiger partial charge is 0.368 e. The Morgan fingerprint density at radius 2 is 1.83 bits per heavy atom. The minimum absolute atomic E-state index is 0.0274. The van der Waals surface area contributed by atoms with E-state index < -0.39 is 0 Å². The van der Waals surface area contributed by atoms with Crippen molar-refractivity contribution >= 4 is 17.5 Å². The van der Waals surface area contributed by atoms with Crippen molar-refractivity contribution in [3.63, 3.8) is 0 Å². The van der Waals surface area contributed by atoms with Gasteiger partial charge in [0.25, 0.3) is 0 Å². The van der Waals surface area contributed by atoms with Crippen LogP contribution in [-0.2, 0) is 9.59 Å². The van der Waals surface area contributed by atoms with E-state index in [9.17, 15) is 9.59 Å². The molecule has 1 heterocycles. The van der Waals surface area contributed by atoms with Gasteiger partial charge in [-0.05, 0) is 43.9 Å². The highest BCUT2D eigenvalue weighted by Gasteiger charge is 2.30. The van der Waals surface area contributed by atoms with Crippen LogP contribution in [0.4, 0.5) is 5.69 Å². The fourth-order valence-corrected chi connectivity index (χ4v) is 3.04. The minimum Gasteiger partial charge on any atom is -0.368 e. The zero-order valence-corrected chi connectivity index (χ0v) is 14.0. The predicted octanol–water partition coefficient (Wildman–Crippen LogP) is 1.48. The fourth-order valence-electron chi connectivity index (χ4n) is 3.04. The van der Waals surface area contributed by atoms with Crippen LogP contribution in [0.3, 0.4) is 0 Å². The molecular formula is C18H25N3O2. The van der Waals surface area contributed by atoms with Crippen molar-refractivity contribution in [1.29, 1.82) is 0 Å². The summed E-state index contributed by atoms with van der Waals surface area (Å²) in [7, 11) is 0. The third-order valence-electron chi connectivity index (χ3n) is 4.91. The van der Waals surface area contributed by atoms with Gasteiger partial charge in [-0.2, -0.15) is 0 Å². The lowest BCUT2D eigenvalue weighted by atomic mass is 10.1. The van der Waals surface area contributed by atoms with E-state index in [1.165, 1.54) is 16.8 Å². The molecule has 0 spiro atoms. The number of aryl methyl sites for hydroxylation is 1. The summed E-state index contributed by atoms with van der Waals surface area (Å²) in [5, 5.41) is 2.76. The number of anilines is 1. The molecule has 1 aromatic rings. The van der Waals surface area contributed by atoms with E-state index in [0.717, 1.165) is 25.9 Å². The van der Waals surface area contributed by atoms with Crippen LogP contribution in [0.15, 0.2) is 18.2 Å².